The number of hydrogen-bond acceptors (Lipinski definition) is 2. The molecule has 1 N–H and O–H groups in total. The summed E-state index contributed by atoms with van der Waals surface area (Å²) in [6.45, 7) is 5.99. The van der Waals surface area contributed by atoms with Crippen LogP contribution in [0.5, 0.6) is 0 Å². The second-order valence-corrected chi connectivity index (χ2v) is 2.72. The fourth-order valence-corrected chi connectivity index (χ4v) is 1.08. The Morgan fingerprint density at radius 3 is 2.91 bits per heavy atom. The molecule has 0 bridgehead atoms. The maximum atomic E-state index is 10.8. The lowest BCUT2D eigenvalue weighted by molar-refractivity contribution is 0.145. The van der Waals surface area contributed by atoms with Crippen molar-refractivity contribution in [3.63, 3.8) is 0 Å². The van der Waals surface area contributed by atoms with E-state index in [1.54, 1.807) is 6.92 Å². The number of hydrogen-bond donors (Lipinski definition) is 1. The topological polar surface area (TPSA) is 38.3 Å². The Hall–Kier alpha value is -0.990. The molecular weight excluding hydrogens is 142 g/mol. The largest absolute Gasteiger partial charge is 0.450 e. The SMILES string of the molecule is C=C1CC(NC(=O)OCC)C1. The minimum atomic E-state index is -0.315. The molecule has 3 heteroatoms. The van der Waals surface area contributed by atoms with Crippen LogP contribution in [0.4, 0.5) is 4.79 Å². The van der Waals surface area contributed by atoms with Gasteiger partial charge in [0.15, 0.2) is 0 Å². The zero-order valence-corrected chi connectivity index (χ0v) is 6.72. The van der Waals surface area contributed by atoms with Crippen LogP contribution in [0.2, 0.25) is 0 Å². The van der Waals surface area contributed by atoms with Gasteiger partial charge in [0, 0.05) is 6.04 Å². The summed E-state index contributed by atoms with van der Waals surface area (Å²) < 4.78 is 4.70. The third kappa shape index (κ3) is 2.26. The van der Waals surface area contributed by atoms with E-state index in [0.717, 1.165) is 12.8 Å². The van der Waals surface area contributed by atoms with Crippen molar-refractivity contribution in [1.29, 1.82) is 0 Å². The van der Waals surface area contributed by atoms with Gasteiger partial charge in [-0.3, -0.25) is 0 Å². The van der Waals surface area contributed by atoms with Gasteiger partial charge in [-0.25, -0.2) is 4.79 Å². The average molecular weight is 155 g/mol. The number of nitrogens with one attached hydrogen (secondary N) is 1. The monoisotopic (exact) mass is 155 g/mol. The lowest BCUT2D eigenvalue weighted by Gasteiger charge is -2.28. The fraction of sp³-hybridized carbons (Fsp3) is 0.625. The van der Waals surface area contributed by atoms with Gasteiger partial charge < -0.3 is 10.1 Å². The summed E-state index contributed by atoms with van der Waals surface area (Å²) in [4.78, 5) is 10.8. The smallest absolute Gasteiger partial charge is 0.407 e. The van der Waals surface area contributed by atoms with E-state index < -0.39 is 0 Å². The van der Waals surface area contributed by atoms with Crippen LogP contribution in [-0.2, 0) is 4.74 Å². The lowest BCUT2D eigenvalue weighted by atomic mass is 9.88. The summed E-state index contributed by atoms with van der Waals surface area (Å²) in [5, 5.41) is 2.73. The minimum Gasteiger partial charge on any atom is -0.450 e. The van der Waals surface area contributed by atoms with Gasteiger partial charge in [0.2, 0.25) is 0 Å². The molecule has 0 aromatic carbocycles. The molecule has 1 aliphatic rings. The Morgan fingerprint density at radius 1 is 1.82 bits per heavy atom. The van der Waals surface area contributed by atoms with Crippen molar-refractivity contribution in [1.82, 2.24) is 5.32 Å². The molecule has 1 fully saturated rings. The van der Waals surface area contributed by atoms with Crippen LogP contribution in [0.25, 0.3) is 0 Å². The van der Waals surface area contributed by atoms with Crippen LogP contribution in [0, 0.1) is 0 Å². The molecule has 0 spiro atoms. The predicted octanol–water partition coefficient (Wildman–Crippen LogP) is 1.45. The highest BCUT2D eigenvalue weighted by Gasteiger charge is 2.23. The van der Waals surface area contributed by atoms with Gasteiger partial charge in [-0.05, 0) is 19.8 Å². The Morgan fingerprint density at radius 2 is 2.45 bits per heavy atom. The third-order valence-electron chi connectivity index (χ3n) is 1.67. The van der Waals surface area contributed by atoms with E-state index in [-0.39, 0.29) is 12.1 Å². The van der Waals surface area contributed by atoms with Gasteiger partial charge in [0.1, 0.15) is 0 Å². The van der Waals surface area contributed by atoms with Crippen molar-refractivity contribution in [2.45, 2.75) is 25.8 Å². The number of carbonyl (C=O) groups excluding carboxylic acids is 1. The molecule has 0 heterocycles. The van der Waals surface area contributed by atoms with Gasteiger partial charge in [-0.2, -0.15) is 0 Å². The summed E-state index contributed by atoms with van der Waals surface area (Å²) in [5.74, 6) is 0. The summed E-state index contributed by atoms with van der Waals surface area (Å²) >= 11 is 0. The van der Waals surface area contributed by atoms with E-state index >= 15 is 0 Å². The van der Waals surface area contributed by atoms with E-state index in [4.69, 9.17) is 4.74 Å². The van der Waals surface area contributed by atoms with E-state index in [9.17, 15) is 4.79 Å². The first-order chi connectivity index (χ1) is 5.22. The average Bonchev–Trinajstić information content (AvgIpc) is 1.85. The maximum absolute atomic E-state index is 10.8. The van der Waals surface area contributed by atoms with Crippen molar-refractivity contribution in [3.05, 3.63) is 12.2 Å². The molecule has 3 nitrogen and oxygen atoms in total. The van der Waals surface area contributed by atoms with Crippen molar-refractivity contribution in [2.24, 2.45) is 0 Å². The van der Waals surface area contributed by atoms with Crippen molar-refractivity contribution >= 4 is 6.09 Å². The molecule has 0 radical (unpaired) electrons. The molecule has 1 amide bonds. The second kappa shape index (κ2) is 3.42. The summed E-state index contributed by atoms with van der Waals surface area (Å²) in [5.41, 5.74) is 1.20. The normalized spacial score (nSPS) is 17.4. The Bertz CT molecular complexity index is 169. The first kappa shape index (κ1) is 8.11. The second-order valence-electron chi connectivity index (χ2n) is 2.72. The molecule has 0 aromatic rings. The predicted molar refractivity (Wildman–Crippen MR) is 42.3 cm³/mol. The highest BCUT2D eigenvalue weighted by atomic mass is 16.5. The van der Waals surface area contributed by atoms with E-state index in [2.05, 4.69) is 11.9 Å². The molecular formula is C8H13NO2. The number of rotatable bonds is 2. The maximum Gasteiger partial charge on any atom is 0.407 e. The number of amides is 1. The molecule has 0 unspecified atom stereocenters. The van der Waals surface area contributed by atoms with Gasteiger partial charge in [0.05, 0.1) is 6.61 Å². The molecule has 62 valence electrons. The molecule has 0 aromatic heterocycles. The van der Waals surface area contributed by atoms with Crippen molar-refractivity contribution in [3.8, 4) is 0 Å². The summed E-state index contributed by atoms with van der Waals surface area (Å²) in [6.07, 6.45) is 1.49. The number of alkyl carbamates (subject to hydrolysis) is 1. The molecule has 1 saturated carbocycles. The third-order valence-corrected chi connectivity index (χ3v) is 1.67. The Kier molecular flexibility index (Phi) is 2.52. The van der Waals surface area contributed by atoms with Gasteiger partial charge in [-0.1, -0.05) is 12.2 Å². The molecule has 11 heavy (non-hydrogen) atoms. The van der Waals surface area contributed by atoms with Crippen molar-refractivity contribution < 1.29 is 9.53 Å². The molecule has 0 saturated heterocycles. The highest BCUT2D eigenvalue weighted by molar-refractivity contribution is 5.67. The number of ether oxygens (including phenoxy) is 1. The quantitative estimate of drug-likeness (QED) is 0.613. The molecule has 0 aliphatic heterocycles. The van der Waals surface area contributed by atoms with Gasteiger partial charge in [-0.15, -0.1) is 0 Å². The standard InChI is InChI=1S/C8H13NO2/c1-3-11-8(10)9-7-4-6(2)5-7/h7H,2-5H2,1H3,(H,9,10). The Labute approximate surface area is 66.4 Å². The van der Waals surface area contributed by atoms with E-state index in [1.165, 1.54) is 5.57 Å². The fourth-order valence-electron chi connectivity index (χ4n) is 1.08. The van der Waals surface area contributed by atoms with E-state index in [1.807, 2.05) is 0 Å². The van der Waals surface area contributed by atoms with Crippen molar-refractivity contribution in [2.75, 3.05) is 6.61 Å². The lowest BCUT2D eigenvalue weighted by Crippen LogP contribution is -2.40. The Balaban J connectivity index is 2.11. The first-order valence-electron chi connectivity index (χ1n) is 3.82. The summed E-state index contributed by atoms with van der Waals surface area (Å²) in [6, 6.07) is 0.265. The first-order valence-corrected chi connectivity index (χ1v) is 3.82. The molecule has 0 atom stereocenters. The van der Waals surface area contributed by atoms with E-state index in [0.29, 0.717) is 6.61 Å². The van der Waals surface area contributed by atoms with Crippen LogP contribution in [0.15, 0.2) is 12.2 Å². The number of carbonyl (C=O) groups is 1. The zero-order chi connectivity index (χ0) is 8.27. The van der Waals surface area contributed by atoms with Crippen LogP contribution < -0.4 is 5.32 Å². The highest BCUT2D eigenvalue weighted by Crippen LogP contribution is 2.23. The molecule has 1 aliphatic carbocycles. The zero-order valence-electron chi connectivity index (χ0n) is 6.72. The van der Waals surface area contributed by atoms with Crippen LogP contribution in [0.3, 0.4) is 0 Å². The van der Waals surface area contributed by atoms with Crippen LogP contribution >= 0.6 is 0 Å². The minimum absolute atomic E-state index is 0.265. The summed E-state index contributed by atoms with van der Waals surface area (Å²) in [7, 11) is 0. The van der Waals surface area contributed by atoms with Gasteiger partial charge in [0.25, 0.3) is 0 Å². The van der Waals surface area contributed by atoms with Crippen LogP contribution in [0.1, 0.15) is 19.8 Å². The van der Waals surface area contributed by atoms with Crippen LogP contribution in [-0.4, -0.2) is 18.7 Å². The molecule has 1 rings (SSSR count). The van der Waals surface area contributed by atoms with Gasteiger partial charge >= 0.3 is 6.09 Å².